The Hall–Kier alpha value is -8.80. The fraction of sp³-hybridized carbons (Fsp3) is 0.250. The Morgan fingerprint density at radius 1 is 0.325 bits per heavy atom. The normalized spacial score (nSPS) is 19.3. The largest absolute Gasteiger partial charge is 0.354 e. The molecular weight excluding hydrogens is 1000 g/mol. The van der Waals surface area contributed by atoms with Crippen LogP contribution < -0.4 is 42.5 Å². The van der Waals surface area contributed by atoms with Crippen molar-refractivity contribution >= 4 is 92.7 Å². The van der Waals surface area contributed by atoms with Crippen LogP contribution in [0, 0.1) is 0 Å². The van der Waals surface area contributed by atoms with E-state index in [0.29, 0.717) is 22.7 Å². The van der Waals surface area contributed by atoms with Gasteiger partial charge in [-0.15, -0.1) is 0 Å². The highest BCUT2D eigenvalue weighted by atomic mass is 16.2. The summed E-state index contributed by atoms with van der Waals surface area (Å²) < 4.78 is 0. The average molecular weight is 1060 g/mol. The van der Waals surface area contributed by atoms with E-state index in [2.05, 4.69) is 76.8 Å². The van der Waals surface area contributed by atoms with Gasteiger partial charge in [-0.3, -0.25) is 19.2 Å². The molecule has 8 bridgehead atoms. The molecule has 402 valence electrons. The third-order valence-electron chi connectivity index (χ3n) is 16.0. The lowest BCUT2D eigenvalue weighted by molar-refractivity contribution is -0.118. The summed E-state index contributed by atoms with van der Waals surface area (Å²) in [7, 11) is 0. The second-order valence-corrected chi connectivity index (χ2v) is 21.4. The molecule has 0 unspecified atom stereocenters. The van der Waals surface area contributed by atoms with E-state index in [1.165, 1.54) is 0 Å². The minimum absolute atomic E-state index is 0.0466. The topological polar surface area (TPSA) is 222 Å². The first kappa shape index (κ1) is 50.7. The van der Waals surface area contributed by atoms with Crippen LogP contribution >= 0.6 is 0 Å². The molecular formula is C64H62N12O4. The van der Waals surface area contributed by atoms with Crippen molar-refractivity contribution in [1.29, 1.82) is 0 Å². The standard InChI is InChI=1S/C64H62N12O4/c77-61(53-5-1-33-65-53)69-41-17-9-37(10-18-41)57-45-25-27-47(73-45)58(38-11-19-42(20-12-38)70-62(78)54-6-2-34-66-54)49-29-31-51(75-49)60(40-15-23-44(24-16-40)72-64(80)56-8-4-36-68-56)52-32-30-50(76-52)59(48-28-26-46(57)74-48)39-13-21-43(22-14-39)71-63(79)55-7-3-35-67-55/h9-32,53-56,65-68,73,76H,1-8,33-36H2,(H,69,77)(H,70,78)(H,71,79)(H,72,80)/t53-,54-,55-,56-/m0/s1. The number of carbonyl (C=O) groups is 4. The molecule has 80 heavy (non-hydrogen) atoms. The summed E-state index contributed by atoms with van der Waals surface area (Å²) in [6, 6.07) is 39.0. The molecule has 7 aromatic rings. The van der Waals surface area contributed by atoms with Crippen LogP contribution in [0.3, 0.4) is 0 Å². The summed E-state index contributed by atoms with van der Waals surface area (Å²) in [6.45, 7) is 3.31. The van der Waals surface area contributed by atoms with E-state index in [9.17, 15) is 19.2 Å². The van der Waals surface area contributed by atoms with Crippen molar-refractivity contribution in [2.45, 2.75) is 75.5 Å². The molecule has 0 radical (unpaired) electrons. The van der Waals surface area contributed by atoms with E-state index in [0.717, 1.165) is 167 Å². The van der Waals surface area contributed by atoms with E-state index < -0.39 is 0 Å². The van der Waals surface area contributed by atoms with Gasteiger partial charge in [-0.1, -0.05) is 48.5 Å². The monoisotopic (exact) mass is 1060 g/mol. The van der Waals surface area contributed by atoms with Crippen LogP contribution in [0.25, 0.3) is 90.9 Å². The van der Waals surface area contributed by atoms with E-state index >= 15 is 0 Å². The van der Waals surface area contributed by atoms with Gasteiger partial charge in [0.2, 0.25) is 23.6 Å². The maximum Gasteiger partial charge on any atom is 0.241 e. The van der Waals surface area contributed by atoms with Crippen molar-refractivity contribution in [3.63, 3.8) is 0 Å². The maximum atomic E-state index is 13.2. The number of amides is 4. The van der Waals surface area contributed by atoms with Gasteiger partial charge in [0.1, 0.15) is 0 Å². The molecule has 6 aliphatic heterocycles. The maximum absolute atomic E-state index is 13.2. The molecule has 13 rings (SSSR count). The number of carbonyl (C=O) groups excluding carboxylic acids is 4. The number of rotatable bonds is 12. The Bertz CT molecular complexity index is 3280. The minimum Gasteiger partial charge on any atom is -0.354 e. The molecule has 9 heterocycles. The SMILES string of the molecule is O=C(Nc1ccc(-c2c3nc(c(-c4ccc(NC(=O)[C@@H]5CCCN5)cc4)c4ccc([nH]4)c(-c4ccc(NC(=O)[C@@H]5CCCN5)cc4)c4nc(c(-c5ccc(NC(=O)[C@@H]6CCCN6)cc5)c5ccc2[nH]5)C=C4)C=C3)cc1)[C@@H]1CCCN1. The number of nitrogens with one attached hydrogen (secondary N) is 10. The van der Waals surface area contributed by atoms with Crippen molar-refractivity contribution < 1.29 is 19.2 Å². The summed E-state index contributed by atoms with van der Waals surface area (Å²) in [5, 5.41) is 25.6. The number of hydrogen-bond acceptors (Lipinski definition) is 10. The average Bonchev–Trinajstić information content (AvgIpc) is 4.33. The Balaban J connectivity index is 0.998. The highest BCUT2D eigenvalue weighted by Crippen LogP contribution is 2.39. The number of fused-ring (bicyclic) bond motifs is 8. The molecule has 0 saturated carbocycles. The zero-order chi connectivity index (χ0) is 54.1. The van der Waals surface area contributed by atoms with Gasteiger partial charge < -0.3 is 52.5 Å². The molecule has 3 aromatic heterocycles. The summed E-state index contributed by atoms with van der Waals surface area (Å²) in [5.74, 6) is -0.186. The van der Waals surface area contributed by atoms with Crippen LogP contribution in [-0.4, -0.2) is 93.9 Å². The summed E-state index contributed by atoms with van der Waals surface area (Å²) in [5.41, 5.74) is 15.8. The molecule has 10 N–H and O–H groups in total. The molecule has 4 aromatic carbocycles. The molecule has 0 aliphatic carbocycles. The van der Waals surface area contributed by atoms with E-state index in [4.69, 9.17) is 9.97 Å². The van der Waals surface area contributed by atoms with Gasteiger partial charge in [0.15, 0.2) is 0 Å². The molecule has 16 nitrogen and oxygen atoms in total. The van der Waals surface area contributed by atoms with Gasteiger partial charge in [-0.2, -0.15) is 0 Å². The smallest absolute Gasteiger partial charge is 0.241 e. The molecule has 16 heteroatoms. The fourth-order valence-corrected chi connectivity index (χ4v) is 11.9. The lowest BCUT2D eigenvalue weighted by Gasteiger charge is -2.12. The Morgan fingerprint density at radius 3 is 0.750 bits per heavy atom. The van der Waals surface area contributed by atoms with Crippen molar-refractivity contribution in [2.24, 2.45) is 0 Å². The van der Waals surface area contributed by atoms with E-state index in [1.54, 1.807) is 0 Å². The van der Waals surface area contributed by atoms with Gasteiger partial charge >= 0.3 is 0 Å². The summed E-state index contributed by atoms with van der Waals surface area (Å²) in [6.07, 6.45) is 15.2. The van der Waals surface area contributed by atoms with Gasteiger partial charge in [-0.05, 0) is 197 Å². The molecule has 4 atom stereocenters. The first-order valence-electron chi connectivity index (χ1n) is 28.0. The van der Waals surface area contributed by atoms with Crippen molar-refractivity contribution in [1.82, 2.24) is 41.2 Å². The van der Waals surface area contributed by atoms with Crippen LogP contribution in [0.1, 0.15) is 74.1 Å². The minimum atomic E-state index is -0.218. The summed E-state index contributed by atoms with van der Waals surface area (Å²) >= 11 is 0. The zero-order valence-corrected chi connectivity index (χ0v) is 44.2. The van der Waals surface area contributed by atoms with Crippen LogP contribution in [0.15, 0.2) is 121 Å². The van der Waals surface area contributed by atoms with Gasteiger partial charge in [0.25, 0.3) is 0 Å². The number of H-pyrrole nitrogens is 2. The highest BCUT2D eigenvalue weighted by Gasteiger charge is 2.27. The van der Waals surface area contributed by atoms with Crippen LogP contribution in [-0.2, 0) is 19.2 Å². The number of aromatic nitrogens is 4. The van der Waals surface area contributed by atoms with Crippen LogP contribution in [0.4, 0.5) is 22.7 Å². The Morgan fingerprint density at radius 2 is 0.550 bits per heavy atom. The van der Waals surface area contributed by atoms with Gasteiger partial charge in [0, 0.05) is 67.1 Å². The van der Waals surface area contributed by atoms with Crippen LogP contribution in [0.2, 0.25) is 0 Å². The molecule has 6 aliphatic rings. The first-order chi connectivity index (χ1) is 39.2. The van der Waals surface area contributed by atoms with Gasteiger partial charge in [0.05, 0.1) is 46.9 Å². The number of anilines is 4. The summed E-state index contributed by atoms with van der Waals surface area (Å²) in [4.78, 5) is 71.5. The predicted octanol–water partition coefficient (Wildman–Crippen LogP) is 10.1. The second kappa shape index (κ2) is 22.1. The van der Waals surface area contributed by atoms with Crippen molar-refractivity contribution in [2.75, 3.05) is 47.4 Å². The van der Waals surface area contributed by atoms with Gasteiger partial charge in [-0.25, -0.2) is 9.97 Å². The highest BCUT2D eigenvalue weighted by molar-refractivity contribution is 6.02. The van der Waals surface area contributed by atoms with E-state index in [-0.39, 0.29) is 47.8 Å². The first-order valence-corrected chi connectivity index (χ1v) is 28.0. The van der Waals surface area contributed by atoms with Crippen LogP contribution in [0.5, 0.6) is 0 Å². The van der Waals surface area contributed by atoms with Crippen molar-refractivity contribution in [3.05, 3.63) is 144 Å². The molecule has 4 saturated heterocycles. The molecule has 0 spiro atoms. The number of nitrogens with zero attached hydrogens (tertiary/aromatic N) is 2. The zero-order valence-electron chi connectivity index (χ0n) is 44.2. The Labute approximate surface area is 462 Å². The molecule has 4 amide bonds. The van der Waals surface area contributed by atoms with Crippen molar-refractivity contribution in [3.8, 4) is 44.5 Å². The Kier molecular flexibility index (Phi) is 14.0. The third kappa shape index (κ3) is 10.5. The second-order valence-electron chi connectivity index (χ2n) is 21.4. The third-order valence-corrected chi connectivity index (χ3v) is 16.0. The van der Waals surface area contributed by atoms with E-state index in [1.807, 2.05) is 121 Å². The fourth-order valence-electron chi connectivity index (χ4n) is 11.9. The number of aromatic amines is 2. The lowest BCUT2D eigenvalue weighted by Crippen LogP contribution is -2.35. The quantitative estimate of drug-likeness (QED) is 0.0558. The number of benzene rings is 4. The molecule has 4 fully saturated rings. The number of hydrogen-bond donors (Lipinski definition) is 10. The predicted molar refractivity (Wildman–Crippen MR) is 319 cm³/mol. The lowest BCUT2D eigenvalue weighted by atomic mass is 10.0.